The van der Waals surface area contributed by atoms with Crippen LogP contribution in [-0.2, 0) is 4.79 Å². The van der Waals surface area contributed by atoms with Gasteiger partial charge in [0.25, 0.3) is 0 Å². The Balaban J connectivity index is 3.89. The van der Waals surface area contributed by atoms with Gasteiger partial charge < -0.3 is 4.79 Å². The van der Waals surface area contributed by atoms with Gasteiger partial charge in [-0.25, -0.2) is 0 Å². The molecule has 0 saturated heterocycles. The molecule has 0 aromatic heterocycles. The van der Waals surface area contributed by atoms with Crippen molar-refractivity contribution in [2.75, 3.05) is 5.33 Å². The van der Waals surface area contributed by atoms with Crippen LogP contribution in [0.1, 0.15) is 39.0 Å². The first-order valence-electron chi connectivity index (χ1n) is 6.14. The third kappa shape index (κ3) is 7.39. The number of hydrogen-bond acceptors (Lipinski definition) is 1. The van der Waals surface area contributed by atoms with Crippen LogP contribution in [0.2, 0.25) is 19.1 Å². The molecule has 0 aromatic rings. The van der Waals surface area contributed by atoms with Gasteiger partial charge in [-0.15, -0.1) is 6.58 Å². The van der Waals surface area contributed by atoms with Crippen LogP contribution in [0, 0.1) is 0 Å². The number of unbranched alkanes of at least 4 members (excludes halogenated alkanes) is 2. The van der Waals surface area contributed by atoms with Gasteiger partial charge in [0.2, 0.25) is 0 Å². The summed E-state index contributed by atoms with van der Waals surface area (Å²) in [6.07, 6.45) is 5.23. The van der Waals surface area contributed by atoms with Crippen LogP contribution >= 0.6 is 15.9 Å². The van der Waals surface area contributed by atoms with Gasteiger partial charge in [0.15, 0.2) is 0 Å². The predicted octanol–water partition coefficient (Wildman–Crippen LogP) is 4.72. The van der Waals surface area contributed by atoms with Crippen molar-refractivity contribution in [3.8, 4) is 0 Å². The Morgan fingerprint density at radius 1 is 1.19 bits per heavy atom. The normalized spacial score (nSPS) is 11.5. The van der Waals surface area contributed by atoms with Crippen LogP contribution in [0.25, 0.3) is 0 Å². The summed E-state index contributed by atoms with van der Waals surface area (Å²) in [6.45, 7) is 10.4. The molecule has 3 heteroatoms. The van der Waals surface area contributed by atoms with E-state index in [1.807, 2.05) is 6.92 Å². The van der Waals surface area contributed by atoms with E-state index in [1.165, 1.54) is 18.4 Å². The van der Waals surface area contributed by atoms with Gasteiger partial charge in [-0.3, -0.25) is 0 Å². The van der Waals surface area contributed by atoms with E-state index in [9.17, 15) is 4.79 Å². The first-order valence-corrected chi connectivity index (χ1v) is 10.5. The Morgan fingerprint density at radius 3 is 2.31 bits per heavy atom. The summed E-state index contributed by atoms with van der Waals surface area (Å²) in [4.78, 5) is 12.1. The maximum Gasteiger partial charge on any atom is 0.127 e. The van der Waals surface area contributed by atoms with Crippen LogP contribution in [0.3, 0.4) is 0 Å². The minimum Gasteiger partial charge on any atom is -0.305 e. The maximum atomic E-state index is 12.1. The van der Waals surface area contributed by atoms with Crippen molar-refractivity contribution in [1.29, 1.82) is 0 Å². The average molecular weight is 305 g/mol. The Labute approximate surface area is 110 Å². The molecular weight excluding hydrogens is 280 g/mol. The minimum absolute atomic E-state index is 0.545. The van der Waals surface area contributed by atoms with Gasteiger partial charge in [-0.05, 0) is 32.2 Å². The smallest absolute Gasteiger partial charge is 0.127 e. The van der Waals surface area contributed by atoms with Crippen molar-refractivity contribution in [2.24, 2.45) is 0 Å². The zero-order valence-electron chi connectivity index (χ0n) is 10.9. The van der Waals surface area contributed by atoms with Crippen molar-refractivity contribution in [3.63, 3.8) is 0 Å². The molecule has 0 unspecified atom stereocenters. The SMILES string of the molecule is C=C(C)CC[Si](C)(C)C(=O)CCCCCBr. The molecule has 0 aliphatic heterocycles. The molecule has 16 heavy (non-hydrogen) atoms. The fraction of sp³-hybridized carbons (Fsp3) is 0.769. The zero-order valence-corrected chi connectivity index (χ0v) is 13.5. The molecule has 0 heterocycles. The van der Waals surface area contributed by atoms with Gasteiger partial charge >= 0.3 is 0 Å². The lowest BCUT2D eigenvalue weighted by molar-refractivity contribution is -0.112. The molecule has 0 atom stereocenters. The van der Waals surface area contributed by atoms with Crippen LogP contribution in [0.15, 0.2) is 12.2 Å². The standard InChI is InChI=1S/C13H25BrOSi/c1-12(2)9-11-16(3,4)13(15)8-6-5-7-10-14/h1,5-11H2,2-4H3. The summed E-state index contributed by atoms with van der Waals surface area (Å²) < 4.78 is 0. The Kier molecular flexibility index (Phi) is 8.29. The zero-order chi connectivity index (χ0) is 12.6. The fourth-order valence-electron chi connectivity index (χ4n) is 1.56. The van der Waals surface area contributed by atoms with E-state index < -0.39 is 8.07 Å². The van der Waals surface area contributed by atoms with Crippen LogP contribution < -0.4 is 0 Å². The van der Waals surface area contributed by atoms with Crippen LogP contribution in [0.5, 0.6) is 0 Å². The lowest BCUT2D eigenvalue weighted by Gasteiger charge is -2.20. The maximum absolute atomic E-state index is 12.1. The van der Waals surface area contributed by atoms with Crippen molar-refractivity contribution < 1.29 is 4.79 Å². The molecule has 0 aliphatic carbocycles. The molecule has 0 aliphatic rings. The first kappa shape index (κ1) is 16.1. The Hall–Kier alpha value is 0.107. The predicted molar refractivity (Wildman–Crippen MR) is 79.0 cm³/mol. The first-order chi connectivity index (χ1) is 7.40. The number of hydrogen-bond donors (Lipinski definition) is 0. The van der Waals surface area contributed by atoms with Gasteiger partial charge in [0.05, 0.1) is 0 Å². The molecule has 0 amide bonds. The monoisotopic (exact) mass is 304 g/mol. The van der Waals surface area contributed by atoms with Gasteiger partial charge in [0, 0.05) is 11.8 Å². The van der Waals surface area contributed by atoms with Gasteiger partial charge in [-0.2, -0.15) is 0 Å². The van der Waals surface area contributed by atoms with Gasteiger partial charge in [0.1, 0.15) is 13.5 Å². The highest BCUT2D eigenvalue weighted by atomic mass is 79.9. The average Bonchev–Trinajstić information content (AvgIpc) is 2.21. The van der Waals surface area contributed by atoms with Crippen LogP contribution in [0.4, 0.5) is 0 Å². The lowest BCUT2D eigenvalue weighted by Crippen LogP contribution is -2.37. The third-order valence-corrected chi connectivity index (χ3v) is 6.79. The van der Waals surface area contributed by atoms with Crippen LogP contribution in [-0.4, -0.2) is 18.8 Å². The fourth-order valence-corrected chi connectivity index (χ4v) is 4.14. The summed E-state index contributed by atoms with van der Waals surface area (Å²) in [5.74, 6) is 0. The molecule has 0 N–H and O–H groups in total. The molecule has 0 aromatic carbocycles. The summed E-state index contributed by atoms with van der Waals surface area (Å²) in [7, 11) is -1.64. The second-order valence-electron chi connectivity index (χ2n) is 5.26. The highest BCUT2D eigenvalue weighted by Gasteiger charge is 2.28. The van der Waals surface area contributed by atoms with Crippen molar-refractivity contribution in [1.82, 2.24) is 0 Å². The van der Waals surface area contributed by atoms with Crippen molar-refractivity contribution in [2.45, 2.75) is 58.2 Å². The second-order valence-corrected chi connectivity index (χ2v) is 10.9. The largest absolute Gasteiger partial charge is 0.305 e. The molecule has 0 fully saturated rings. The number of alkyl halides is 1. The molecule has 94 valence electrons. The van der Waals surface area contributed by atoms with E-state index in [1.54, 1.807) is 0 Å². The van der Waals surface area contributed by atoms with E-state index in [0.29, 0.717) is 5.41 Å². The third-order valence-electron chi connectivity index (χ3n) is 2.97. The molecule has 1 nitrogen and oxygen atoms in total. The molecule has 0 saturated carbocycles. The molecule has 0 spiro atoms. The van der Waals surface area contributed by atoms with E-state index >= 15 is 0 Å². The number of carbonyl (C=O) groups is 1. The summed E-state index contributed by atoms with van der Waals surface area (Å²) in [5, 5.41) is 1.60. The number of carbonyl (C=O) groups excluding carboxylic acids is 1. The quantitative estimate of drug-likeness (QED) is 0.261. The van der Waals surface area contributed by atoms with Crippen molar-refractivity contribution >= 4 is 29.4 Å². The van der Waals surface area contributed by atoms with E-state index in [4.69, 9.17) is 0 Å². The number of halogens is 1. The van der Waals surface area contributed by atoms with Crippen molar-refractivity contribution in [3.05, 3.63) is 12.2 Å². The van der Waals surface area contributed by atoms with E-state index in [0.717, 1.165) is 30.6 Å². The molecule has 0 radical (unpaired) electrons. The lowest BCUT2D eigenvalue weighted by atomic mass is 10.2. The highest BCUT2D eigenvalue weighted by molar-refractivity contribution is 9.09. The molecule has 0 bridgehead atoms. The number of allylic oxidation sites excluding steroid dienone is 1. The van der Waals surface area contributed by atoms with E-state index in [2.05, 4.69) is 35.6 Å². The Bertz CT molecular complexity index is 236. The number of rotatable bonds is 9. The summed E-state index contributed by atoms with van der Waals surface area (Å²) >= 11 is 3.41. The topological polar surface area (TPSA) is 17.1 Å². The van der Waals surface area contributed by atoms with E-state index in [-0.39, 0.29) is 0 Å². The molecular formula is C13H25BrOSi. The van der Waals surface area contributed by atoms with Gasteiger partial charge in [-0.1, -0.05) is 41.0 Å². The minimum atomic E-state index is -1.64. The molecule has 0 rings (SSSR count). The second kappa shape index (κ2) is 8.23. The highest BCUT2D eigenvalue weighted by Crippen LogP contribution is 2.19. The summed E-state index contributed by atoms with van der Waals surface area (Å²) in [5.41, 5.74) is 1.20. The summed E-state index contributed by atoms with van der Waals surface area (Å²) in [6, 6.07) is 1.07. The Morgan fingerprint density at radius 2 is 1.81 bits per heavy atom.